The van der Waals surface area contributed by atoms with E-state index >= 15 is 0 Å². The normalized spacial score (nSPS) is 10.2. The number of nitrogens with zero attached hydrogens (tertiary/aromatic N) is 1. The zero-order valence-electron chi connectivity index (χ0n) is 11.6. The fourth-order valence-electron chi connectivity index (χ4n) is 1.61. The Labute approximate surface area is 129 Å². The Morgan fingerprint density at radius 2 is 1.85 bits per heavy atom. The summed E-state index contributed by atoms with van der Waals surface area (Å²) in [7, 11) is 1.58. The molecule has 0 saturated carbocycles. The van der Waals surface area contributed by atoms with E-state index < -0.39 is 0 Å². The molecule has 6 heteroatoms. The van der Waals surface area contributed by atoms with E-state index in [1.807, 2.05) is 6.92 Å². The second-order valence-electron chi connectivity index (χ2n) is 4.48. The summed E-state index contributed by atoms with van der Waals surface area (Å²) in [5.41, 5.74) is 0.585. The van der Waals surface area contributed by atoms with E-state index in [2.05, 4.69) is 5.32 Å². The van der Waals surface area contributed by atoms with Gasteiger partial charge in [-0.2, -0.15) is 0 Å². The van der Waals surface area contributed by atoms with Crippen LogP contribution < -0.4 is 5.32 Å². The molecule has 1 N–H and O–H groups in total. The highest BCUT2D eigenvalue weighted by molar-refractivity contribution is 6.36. The van der Waals surface area contributed by atoms with Gasteiger partial charge in [0.15, 0.2) is 0 Å². The number of hydrogen-bond donors (Lipinski definition) is 1. The molecule has 0 radical (unpaired) electrons. The Bertz CT molecular complexity index is 472. The van der Waals surface area contributed by atoms with Gasteiger partial charge in [0.25, 0.3) is 0 Å². The second-order valence-corrected chi connectivity index (χ2v) is 5.29. The minimum atomic E-state index is -0.202. The summed E-state index contributed by atoms with van der Waals surface area (Å²) in [6.07, 6.45) is 0.939. The molecule has 1 aromatic carbocycles. The fourth-order valence-corrected chi connectivity index (χ4v) is 2.14. The average molecular weight is 317 g/mol. The number of likely N-dealkylation sites (N-methyl/N-ethyl adjacent to an activating group) is 1. The Balaban J connectivity index is 2.60. The monoisotopic (exact) mass is 316 g/mol. The Kier molecular flexibility index (Phi) is 6.82. The third kappa shape index (κ3) is 5.02. The van der Waals surface area contributed by atoms with Crippen LogP contribution in [0.2, 0.25) is 10.0 Å². The maximum atomic E-state index is 12.1. The first-order valence-electron chi connectivity index (χ1n) is 6.39. The molecule has 1 aromatic rings. The minimum absolute atomic E-state index is 0.0287. The van der Waals surface area contributed by atoms with E-state index in [9.17, 15) is 9.59 Å². The van der Waals surface area contributed by atoms with E-state index in [0.29, 0.717) is 22.2 Å². The first-order chi connectivity index (χ1) is 9.45. The van der Waals surface area contributed by atoms with Crippen LogP contribution in [-0.4, -0.2) is 36.9 Å². The van der Waals surface area contributed by atoms with Gasteiger partial charge in [-0.3, -0.25) is 9.59 Å². The molecule has 0 heterocycles. The van der Waals surface area contributed by atoms with Crippen molar-refractivity contribution >= 4 is 35.0 Å². The summed E-state index contributed by atoms with van der Waals surface area (Å²) in [6, 6.07) is 5.09. The summed E-state index contributed by atoms with van der Waals surface area (Å²) < 4.78 is 0. The van der Waals surface area contributed by atoms with E-state index in [-0.39, 0.29) is 24.8 Å². The Morgan fingerprint density at radius 1 is 1.25 bits per heavy atom. The number of hydrogen-bond acceptors (Lipinski definition) is 2. The van der Waals surface area contributed by atoms with Gasteiger partial charge in [0.2, 0.25) is 11.8 Å². The van der Waals surface area contributed by atoms with Gasteiger partial charge in [-0.1, -0.05) is 36.2 Å². The molecule has 1 rings (SSSR count). The molecule has 0 aliphatic carbocycles. The van der Waals surface area contributed by atoms with Crippen molar-refractivity contribution in [2.45, 2.75) is 19.8 Å². The van der Waals surface area contributed by atoms with Crippen molar-refractivity contribution in [3.63, 3.8) is 0 Å². The molecule has 0 bridgehead atoms. The van der Waals surface area contributed by atoms with Gasteiger partial charge in [-0.15, -0.1) is 0 Å². The molecule has 0 aliphatic heterocycles. The molecule has 0 saturated heterocycles. The zero-order valence-corrected chi connectivity index (χ0v) is 13.1. The highest BCUT2D eigenvalue weighted by Crippen LogP contribution is 2.24. The summed E-state index contributed by atoms with van der Waals surface area (Å²) in [5.74, 6) is -0.375. The summed E-state index contributed by atoms with van der Waals surface area (Å²) in [6.45, 7) is 2.60. The predicted octanol–water partition coefficient (Wildman–Crippen LogP) is 2.52. The van der Waals surface area contributed by atoms with Crippen molar-refractivity contribution in [2.24, 2.45) is 0 Å². The molecule has 0 aliphatic rings. The maximum absolute atomic E-state index is 12.1. The summed E-state index contributed by atoms with van der Waals surface area (Å²) in [5, 5.41) is 3.63. The van der Waals surface area contributed by atoms with Gasteiger partial charge >= 0.3 is 0 Å². The van der Waals surface area contributed by atoms with Gasteiger partial charge in [0.05, 0.1) is 13.0 Å². The maximum Gasteiger partial charge on any atom is 0.239 e. The van der Waals surface area contributed by atoms with Crippen molar-refractivity contribution in [3.05, 3.63) is 33.8 Å². The molecule has 0 unspecified atom stereocenters. The summed E-state index contributed by atoms with van der Waals surface area (Å²) in [4.78, 5) is 25.0. The molecular weight excluding hydrogens is 299 g/mol. The Hall–Kier alpha value is -1.26. The largest absolute Gasteiger partial charge is 0.355 e. The highest BCUT2D eigenvalue weighted by atomic mass is 35.5. The molecule has 4 nitrogen and oxygen atoms in total. The minimum Gasteiger partial charge on any atom is -0.355 e. The average Bonchev–Trinajstić information content (AvgIpc) is 2.40. The lowest BCUT2D eigenvalue weighted by atomic mass is 10.1. The van der Waals surface area contributed by atoms with Crippen LogP contribution in [0.1, 0.15) is 18.9 Å². The van der Waals surface area contributed by atoms with Crippen LogP contribution >= 0.6 is 23.2 Å². The van der Waals surface area contributed by atoms with Crippen molar-refractivity contribution in [1.82, 2.24) is 10.2 Å². The van der Waals surface area contributed by atoms with Crippen molar-refractivity contribution < 1.29 is 9.59 Å². The number of halogens is 2. The molecule has 0 atom stereocenters. The first kappa shape index (κ1) is 16.8. The standard InChI is InChI=1S/C14H18Cl2N2O2/c1-3-7-17-13(19)9-18(2)14(20)8-10-11(15)5-4-6-12(10)16/h4-6H,3,7-9H2,1-2H3,(H,17,19). The molecule has 0 spiro atoms. The smallest absolute Gasteiger partial charge is 0.239 e. The molecule has 2 amide bonds. The number of amides is 2. The lowest BCUT2D eigenvalue weighted by molar-refractivity contribution is -0.134. The van der Waals surface area contributed by atoms with Crippen LogP contribution in [-0.2, 0) is 16.0 Å². The molecule has 0 fully saturated rings. The molecular formula is C14H18Cl2N2O2. The number of nitrogens with one attached hydrogen (secondary N) is 1. The number of rotatable bonds is 6. The number of carbonyl (C=O) groups is 2. The molecule has 0 aromatic heterocycles. The van der Waals surface area contributed by atoms with E-state index in [0.717, 1.165) is 6.42 Å². The van der Waals surface area contributed by atoms with Gasteiger partial charge in [0.1, 0.15) is 0 Å². The van der Waals surface area contributed by atoms with Crippen LogP contribution in [0.4, 0.5) is 0 Å². The lowest BCUT2D eigenvalue weighted by Crippen LogP contribution is -2.39. The van der Waals surface area contributed by atoms with Crippen LogP contribution in [0.3, 0.4) is 0 Å². The van der Waals surface area contributed by atoms with Crippen molar-refractivity contribution in [1.29, 1.82) is 0 Å². The van der Waals surface area contributed by atoms with Gasteiger partial charge in [0, 0.05) is 23.6 Å². The van der Waals surface area contributed by atoms with Gasteiger partial charge < -0.3 is 10.2 Å². The molecule has 20 heavy (non-hydrogen) atoms. The predicted molar refractivity (Wildman–Crippen MR) is 81.1 cm³/mol. The van der Waals surface area contributed by atoms with Crippen LogP contribution in [0.5, 0.6) is 0 Å². The SMILES string of the molecule is CCCNC(=O)CN(C)C(=O)Cc1c(Cl)cccc1Cl. The third-order valence-electron chi connectivity index (χ3n) is 2.77. The summed E-state index contributed by atoms with van der Waals surface area (Å²) >= 11 is 12.0. The zero-order chi connectivity index (χ0) is 15.1. The highest BCUT2D eigenvalue weighted by Gasteiger charge is 2.16. The number of benzene rings is 1. The Morgan fingerprint density at radius 3 is 2.40 bits per heavy atom. The quantitative estimate of drug-likeness (QED) is 0.876. The topological polar surface area (TPSA) is 49.4 Å². The first-order valence-corrected chi connectivity index (χ1v) is 7.14. The lowest BCUT2D eigenvalue weighted by Gasteiger charge is -2.17. The molecule has 110 valence electrons. The van der Waals surface area contributed by atoms with E-state index in [1.165, 1.54) is 4.90 Å². The fraction of sp³-hybridized carbons (Fsp3) is 0.429. The van der Waals surface area contributed by atoms with Gasteiger partial charge in [-0.05, 0) is 24.1 Å². The van der Waals surface area contributed by atoms with Crippen LogP contribution in [0, 0.1) is 0 Å². The van der Waals surface area contributed by atoms with E-state index in [4.69, 9.17) is 23.2 Å². The van der Waals surface area contributed by atoms with Gasteiger partial charge in [-0.25, -0.2) is 0 Å². The third-order valence-corrected chi connectivity index (χ3v) is 3.48. The van der Waals surface area contributed by atoms with Crippen molar-refractivity contribution in [3.8, 4) is 0 Å². The number of carbonyl (C=O) groups excluding carboxylic acids is 2. The second kappa shape index (κ2) is 8.12. The van der Waals surface area contributed by atoms with Crippen LogP contribution in [0.25, 0.3) is 0 Å². The van der Waals surface area contributed by atoms with E-state index in [1.54, 1.807) is 25.2 Å². The van der Waals surface area contributed by atoms with Crippen molar-refractivity contribution in [2.75, 3.05) is 20.1 Å². The van der Waals surface area contributed by atoms with Crippen LogP contribution in [0.15, 0.2) is 18.2 Å².